The molecule has 1 saturated heterocycles. The number of aliphatic hydroxyl groups is 1. The van der Waals surface area contributed by atoms with Crippen LogP contribution in [0, 0.1) is 0 Å². The minimum Gasteiger partial charge on any atom is -0.496 e. The van der Waals surface area contributed by atoms with Crippen molar-refractivity contribution in [1.29, 1.82) is 0 Å². The summed E-state index contributed by atoms with van der Waals surface area (Å²) in [6.07, 6.45) is 2.38. The van der Waals surface area contributed by atoms with Crippen molar-refractivity contribution < 1.29 is 19.4 Å². The van der Waals surface area contributed by atoms with E-state index in [1.54, 1.807) is 13.2 Å². The fraction of sp³-hybridized carbons (Fsp3) is 0.261. The minimum atomic E-state index is -0.383. The Labute approximate surface area is 191 Å². The number of thiocarbonyl (C=S) groups is 1. The molecule has 0 aliphatic carbocycles. The number of rotatable bonds is 9. The second-order valence-corrected chi connectivity index (χ2v) is 8.64. The van der Waals surface area contributed by atoms with E-state index in [2.05, 4.69) is 5.32 Å². The summed E-state index contributed by atoms with van der Waals surface area (Å²) in [6, 6.07) is 16.7. The summed E-state index contributed by atoms with van der Waals surface area (Å²) in [4.78, 5) is 27.1. The molecule has 1 aliphatic heterocycles. The lowest BCUT2D eigenvalue weighted by Gasteiger charge is -2.18. The number of aliphatic hydroxyl groups excluding tert-OH is 1. The Bertz CT molecular complexity index is 979. The molecule has 1 aliphatic rings. The molecule has 3 rings (SSSR count). The van der Waals surface area contributed by atoms with Crippen LogP contribution in [0.4, 0.5) is 0 Å². The van der Waals surface area contributed by atoms with E-state index in [0.717, 1.165) is 11.1 Å². The van der Waals surface area contributed by atoms with Gasteiger partial charge in [0.05, 0.1) is 24.7 Å². The highest BCUT2D eigenvalue weighted by molar-refractivity contribution is 8.26. The first-order chi connectivity index (χ1) is 15.0. The maximum atomic E-state index is 12.8. The van der Waals surface area contributed by atoms with Gasteiger partial charge in [0, 0.05) is 18.5 Å². The summed E-state index contributed by atoms with van der Waals surface area (Å²) in [5, 5.41) is 12.4. The van der Waals surface area contributed by atoms with Crippen molar-refractivity contribution in [2.45, 2.75) is 18.9 Å². The van der Waals surface area contributed by atoms with Crippen LogP contribution in [-0.4, -0.2) is 52.4 Å². The standard InChI is InChI=1S/C23H24N2O4S2/c1-29-19-10-6-5-9-17(19)14-20-22(28)25(23(30)31-20)12-11-21(27)24-18(15-26)13-16-7-3-2-4-8-16/h2-10,14,18,26H,11-13,15H2,1H3,(H,24,27)/b20-14-. The predicted octanol–water partition coefficient (Wildman–Crippen LogP) is 3.01. The SMILES string of the molecule is COc1ccccc1/C=C1\SC(=S)N(CCC(=O)NC(CO)Cc2ccccc2)C1=O. The van der Waals surface area contributed by atoms with Crippen LogP contribution in [0.5, 0.6) is 5.75 Å². The van der Waals surface area contributed by atoms with Crippen molar-refractivity contribution in [2.24, 2.45) is 0 Å². The van der Waals surface area contributed by atoms with Crippen molar-refractivity contribution in [3.8, 4) is 5.75 Å². The zero-order chi connectivity index (χ0) is 22.2. The third-order valence-corrected chi connectivity index (χ3v) is 6.15. The Morgan fingerprint density at radius 2 is 1.94 bits per heavy atom. The molecule has 6 nitrogen and oxygen atoms in total. The molecule has 0 spiro atoms. The molecule has 0 radical (unpaired) electrons. The van der Waals surface area contributed by atoms with Gasteiger partial charge in [-0.15, -0.1) is 0 Å². The monoisotopic (exact) mass is 456 g/mol. The Morgan fingerprint density at radius 3 is 2.65 bits per heavy atom. The van der Waals surface area contributed by atoms with E-state index >= 15 is 0 Å². The lowest BCUT2D eigenvalue weighted by Crippen LogP contribution is -2.41. The predicted molar refractivity (Wildman–Crippen MR) is 127 cm³/mol. The summed E-state index contributed by atoms with van der Waals surface area (Å²) in [6.45, 7) is 0.0204. The molecule has 0 bridgehead atoms. The van der Waals surface area contributed by atoms with Crippen molar-refractivity contribution in [3.05, 3.63) is 70.6 Å². The van der Waals surface area contributed by atoms with E-state index in [-0.39, 0.29) is 37.4 Å². The number of methoxy groups -OCH3 is 1. The molecule has 2 aromatic carbocycles. The largest absolute Gasteiger partial charge is 0.496 e. The topological polar surface area (TPSA) is 78.9 Å². The number of hydrogen-bond acceptors (Lipinski definition) is 6. The zero-order valence-electron chi connectivity index (χ0n) is 17.1. The fourth-order valence-corrected chi connectivity index (χ4v) is 4.49. The summed E-state index contributed by atoms with van der Waals surface area (Å²) in [5.41, 5.74) is 1.82. The number of amides is 2. The maximum Gasteiger partial charge on any atom is 0.266 e. The Morgan fingerprint density at radius 1 is 1.23 bits per heavy atom. The molecule has 1 atom stereocenters. The first-order valence-corrected chi connectivity index (χ1v) is 11.1. The average Bonchev–Trinajstić information content (AvgIpc) is 3.05. The highest BCUT2D eigenvalue weighted by atomic mass is 32.2. The van der Waals surface area contributed by atoms with Gasteiger partial charge in [-0.25, -0.2) is 0 Å². The quantitative estimate of drug-likeness (QED) is 0.446. The van der Waals surface area contributed by atoms with Crippen LogP contribution in [0.15, 0.2) is 59.5 Å². The molecule has 162 valence electrons. The van der Waals surface area contributed by atoms with E-state index in [1.165, 1.54) is 16.7 Å². The number of thioether (sulfide) groups is 1. The van der Waals surface area contributed by atoms with E-state index in [9.17, 15) is 14.7 Å². The van der Waals surface area contributed by atoms with Crippen LogP contribution < -0.4 is 10.1 Å². The molecule has 1 unspecified atom stereocenters. The van der Waals surface area contributed by atoms with Crippen LogP contribution >= 0.6 is 24.0 Å². The summed E-state index contributed by atoms with van der Waals surface area (Å²) >= 11 is 6.56. The third-order valence-electron chi connectivity index (χ3n) is 4.77. The second kappa shape index (κ2) is 11.1. The van der Waals surface area contributed by atoms with Crippen molar-refractivity contribution in [1.82, 2.24) is 10.2 Å². The van der Waals surface area contributed by atoms with Gasteiger partial charge in [0.1, 0.15) is 10.1 Å². The van der Waals surface area contributed by atoms with Gasteiger partial charge >= 0.3 is 0 Å². The van der Waals surface area contributed by atoms with Gasteiger partial charge < -0.3 is 15.2 Å². The highest BCUT2D eigenvalue weighted by Gasteiger charge is 2.32. The molecule has 2 amide bonds. The van der Waals surface area contributed by atoms with Gasteiger partial charge in [-0.1, -0.05) is 72.5 Å². The molecule has 2 N–H and O–H groups in total. The summed E-state index contributed by atoms with van der Waals surface area (Å²) < 4.78 is 5.75. The molecule has 1 heterocycles. The van der Waals surface area contributed by atoms with Gasteiger partial charge in [0.15, 0.2) is 0 Å². The number of hydrogen-bond donors (Lipinski definition) is 2. The third kappa shape index (κ3) is 6.16. The van der Waals surface area contributed by atoms with E-state index < -0.39 is 0 Å². The molecule has 0 saturated carbocycles. The molecular weight excluding hydrogens is 432 g/mol. The molecule has 31 heavy (non-hydrogen) atoms. The molecular formula is C23H24N2O4S2. The van der Waals surface area contributed by atoms with Crippen LogP contribution in [0.1, 0.15) is 17.5 Å². The number of nitrogens with one attached hydrogen (secondary N) is 1. The number of carbonyl (C=O) groups excluding carboxylic acids is 2. The van der Waals surface area contributed by atoms with Crippen LogP contribution in [0.2, 0.25) is 0 Å². The first-order valence-electron chi connectivity index (χ1n) is 9.84. The number of ether oxygens (including phenoxy) is 1. The molecule has 8 heteroatoms. The number of nitrogens with zero attached hydrogens (tertiary/aromatic N) is 1. The Kier molecular flexibility index (Phi) is 8.22. The van der Waals surface area contributed by atoms with E-state index in [0.29, 0.717) is 21.4 Å². The van der Waals surface area contributed by atoms with Crippen molar-refractivity contribution >= 4 is 46.2 Å². The van der Waals surface area contributed by atoms with Gasteiger partial charge in [-0.3, -0.25) is 14.5 Å². The second-order valence-electron chi connectivity index (χ2n) is 6.96. The van der Waals surface area contributed by atoms with Crippen molar-refractivity contribution in [3.63, 3.8) is 0 Å². The van der Waals surface area contributed by atoms with Crippen LogP contribution in [0.25, 0.3) is 6.08 Å². The molecule has 0 aromatic heterocycles. The highest BCUT2D eigenvalue weighted by Crippen LogP contribution is 2.34. The first kappa shape index (κ1) is 23.0. The zero-order valence-corrected chi connectivity index (χ0v) is 18.7. The van der Waals surface area contributed by atoms with Gasteiger partial charge in [-0.2, -0.15) is 0 Å². The summed E-state index contributed by atoms with van der Waals surface area (Å²) in [7, 11) is 1.58. The van der Waals surface area contributed by atoms with Gasteiger partial charge in [0.2, 0.25) is 5.91 Å². The molecule has 2 aromatic rings. The summed E-state index contributed by atoms with van der Waals surface area (Å²) in [5.74, 6) is 0.204. The van der Waals surface area contributed by atoms with Gasteiger partial charge in [-0.05, 0) is 24.1 Å². The van der Waals surface area contributed by atoms with Crippen LogP contribution in [-0.2, 0) is 16.0 Å². The Hall–Kier alpha value is -2.68. The number of benzene rings is 2. The maximum absolute atomic E-state index is 12.8. The molecule has 1 fully saturated rings. The lowest BCUT2D eigenvalue weighted by atomic mass is 10.1. The minimum absolute atomic E-state index is 0.0969. The van der Waals surface area contributed by atoms with Gasteiger partial charge in [0.25, 0.3) is 5.91 Å². The van der Waals surface area contributed by atoms with E-state index in [1.807, 2.05) is 54.6 Å². The Balaban J connectivity index is 1.57. The van der Waals surface area contributed by atoms with Crippen LogP contribution in [0.3, 0.4) is 0 Å². The fourth-order valence-electron chi connectivity index (χ4n) is 3.19. The normalized spacial score (nSPS) is 15.9. The number of para-hydroxylation sites is 1. The van der Waals surface area contributed by atoms with Crippen molar-refractivity contribution in [2.75, 3.05) is 20.3 Å². The van der Waals surface area contributed by atoms with E-state index in [4.69, 9.17) is 17.0 Å². The smallest absolute Gasteiger partial charge is 0.266 e. The average molecular weight is 457 g/mol. The number of carbonyl (C=O) groups is 2. The lowest BCUT2D eigenvalue weighted by molar-refractivity contribution is -0.124.